The third kappa shape index (κ3) is 3.69. The number of hydrogen-bond donors (Lipinski definition) is 1. The summed E-state index contributed by atoms with van der Waals surface area (Å²) in [5, 5.41) is 0. The molecule has 0 fully saturated rings. The number of rotatable bonds is 5. The van der Waals surface area contributed by atoms with Crippen molar-refractivity contribution in [1.82, 2.24) is 9.38 Å². The lowest BCUT2D eigenvalue weighted by atomic mass is 10.1. The Morgan fingerprint density at radius 1 is 1.03 bits per heavy atom. The maximum atomic E-state index is 12.8. The van der Waals surface area contributed by atoms with Crippen molar-refractivity contribution in [2.24, 2.45) is 0 Å². The van der Waals surface area contributed by atoms with Gasteiger partial charge in [-0.05, 0) is 55.3 Å². The van der Waals surface area contributed by atoms with Crippen molar-refractivity contribution in [3.8, 4) is 17.0 Å². The highest BCUT2D eigenvalue weighted by atomic mass is 32.2. The SMILES string of the molecule is COc1ccc(C)cc1S(=O)(=O)Nc1ccc(-c2cn3cccc(C)c3n2)cc1. The van der Waals surface area contributed by atoms with Gasteiger partial charge in [0, 0.05) is 23.6 Å². The van der Waals surface area contributed by atoms with Crippen molar-refractivity contribution in [2.45, 2.75) is 18.7 Å². The molecule has 29 heavy (non-hydrogen) atoms. The topological polar surface area (TPSA) is 72.7 Å². The first kappa shape index (κ1) is 19.0. The van der Waals surface area contributed by atoms with Crippen LogP contribution in [0, 0.1) is 13.8 Å². The van der Waals surface area contributed by atoms with Crippen molar-refractivity contribution in [3.05, 3.63) is 78.1 Å². The number of pyridine rings is 1. The Balaban J connectivity index is 1.62. The summed E-state index contributed by atoms with van der Waals surface area (Å²) in [6, 6.07) is 16.2. The summed E-state index contributed by atoms with van der Waals surface area (Å²) in [5.41, 5.74) is 5.04. The van der Waals surface area contributed by atoms with Gasteiger partial charge in [0.15, 0.2) is 0 Å². The molecule has 0 spiro atoms. The fourth-order valence-corrected chi connectivity index (χ4v) is 4.52. The summed E-state index contributed by atoms with van der Waals surface area (Å²) in [6.45, 7) is 3.85. The molecule has 0 aliphatic heterocycles. The van der Waals surface area contributed by atoms with Crippen LogP contribution in [0.15, 0.2) is 71.9 Å². The van der Waals surface area contributed by atoms with Crippen molar-refractivity contribution in [2.75, 3.05) is 11.8 Å². The molecule has 2 aromatic carbocycles. The lowest BCUT2D eigenvalue weighted by Crippen LogP contribution is -2.14. The van der Waals surface area contributed by atoms with E-state index in [-0.39, 0.29) is 4.90 Å². The van der Waals surface area contributed by atoms with Crippen LogP contribution in [-0.2, 0) is 10.0 Å². The minimum absolute atomic E-state index is 0.111. The van der Waals surface area contributed by atoms with E-state index >= 15 is 0 Å². The van der Waals surface area contributed by atoms with Gasteiger partial charge in [0.2, 0.25) is 0 Å². The molecule has 4 aromatic rings. The van der Waals surface area contributed by atoms with Crippen LogP contribution in [-0.4, -0.2) is 24.9 Å². The van der Waals surface area contributed by atoms with Crippen molar-refractivity contribution < 1.29 is 13.2 Å². The van der Waals surface area contributed by atoms with E-state index in [4.69, 9.17) is 4.74 Å². The number of sulfonamides is 1. The van der Waals surface area contributed by atoms with Gasteiger partial charge in [0.1, 0.15) is 16.3 Å². The van der Waals surface area contributed by atoms with Gasteiger partial charge in [-0.2, -0.15) is 0 Å². The van der Waals surface area contributed by atoms with E-state index in [1.165, 1.54) is 7.11 Å². The Hall–Kier alpha value is -3.32. The van der Waals surface area contributed by atoms with Gasteiger partial charge in [-0.1, -0.05) is 24.3 Å². The summed E-state index contributed by atoms with van der Waals surface area (Å²) >= 11 is 0. The number of methoxy groups -OCH3 is 1. The van der Waals surface area contributed by atoms with Crippen LogP contribution in [0.3, 0.4) is 0 Å². The number of fused-ring (bicyclic) bond motifs is 1. The summed E-state index contributed by atoms with van der Waals surface area (Å²) in [4.78, 5) is 4.79. The Morgan fingerprint density at radius 3 is 2.48 bits per heavy atom. The molecular weight excluding hydrogens is 386 g/mol. The molecule has 6 nitrogen and oxygen atoms in total. The number of benzene rings is 2. The van der Waals surface area contributed by atoms with E-state index in [2.05, 4.69) is 9.71 Å². The van der Waals surface area contributed by atoms with Gasteiger partial charge in [-0.15, -0.1) is 0 Å². The van der Waals surface area contributed by atoms with E-state index in [9.17, 15) is 8.42 Å². The van der Waals surface area contributed by atoms with Gasteiger partial charge in [0.25, 0.3) is 10.0 Å². The quantitative estimate of drug-likeness (QED) is 0.531. The molecule has 148 valence electrons. The fraction of sp³-hybridized carbons (Fsp3) is 0.136. The van der Waals surface area contributed by atoms with E-state index in [1.807, 2.05) is 61.0 Å². The van der Waals surface area contributed by atoms with Crippen LogP contribution in [0.25, 0.3) is 16.9 Å². The highest BCUT2D eigenvalue weighted by Gasteiger charge is 2.20. The van der Waals surface area contributed by atoms with E-state index in [0.29, 0.717) is 11.4 Å². The van der Waals surface area contributed by atoms with E-state index < -0.39 is 10.0 Å². The van der Waals surface area contributed by atoms with Gasteiger partial charge < -0.3 is 9.14 Å². The van der Waals surface area contributed by atoms with Crippen LogP contribution in [0.1, 0.15) is 11.1 Å². The first-order valence-corrected chi connectivity index (χ1v) is 10.6. The molecule has 0 unspecified atom stereocenters. The zero-order valence-corrected chi connectivity index (χ0v) is 17.2. The first-order chi connectivity index (χ1) is 13.9. The highest BCUT2D eigenvalue weighted by molar-refractivity contribution is 7.92. The van der Waals surface area contributed by atoms with Gasteiger partial charge in [0.05, 0.1) is 12.8 Å². The number of anilines is 1. The Kier molecular flexibility index (Phi) is 4.76. The monoisotopic (exact) mass is 407 g/mol. The third-order valence-electron chi connectivity index (χ3n) is 4.72. The molecule has 2 heterocycles. The van der Waals surface area contributed by atoms with Crippen LogP contribution in [0.2, 0.25) is 0 Å². The summed E-state index contributed by atoms with van der Waals surface area (Å²) in [7, 11) is -2.32. The summed E-state index contributed by atoms with van der Waals surface area (Å²) in [5.74, 6) is 0.305. The minimum Gasteiger partial charge on any atom is -0.495 e. The normalized spacial score (nSPS) is 11.6. The van der Waals surface area contributed by atoms with Crippen molar-refractivity contribution >= 4 is 21.4 Å². The van der Waals surface area contributed by atoms with Crippen LogP contribution in [0.5, 0.6) is 5.75 Å². The second kappa shape index (κ2) is 7.25. The first-order valence-electron chi connectivity index (χ1n) is 9.09. The van der Waals surface area contributed by atoms with Gasteiger partial charge in [-0.3, -0.25) is 4.72 Å². The molecule has 0 atom stereocenters. The molecule has 0 saturated heterocycles. The number of nitrogens with zero attached hydrogens (tertiary/aromatic N) is 2. The molecule has 0 aliphatic carbocycles. The van der Waals surface area contributed by atoms with Crippen LogP contribution < -0.4 is 9.46 Å². The second-order valence-corrected chi connectivity index (χ2v) is 8.54. The maximum absolute atomic E-state index is 12.8. The number of nitrogens with one attached hydrogen (secondary N) is 1. The minimum atomic E-state index is -3.78. The molecule has 0 amide bonds. The third-order valence-corrected chi connectivity index (χ3v) is 6.12. The van der Waals surface area contributed by atoms with Gasteiger partial charge >= 0.3 is 0 Å². The molecule has 0 bridgehead atoms. The van der Waals surface area contributed by atoms with Crippen molar-refractivity contribution in [1.29, 1.82) is 0 Å². The molecule has 4 rings (SSSR count). The maximum Gasteiger partial charge on any atom is 0.265 e. The summed E-state index contributed by atoms with van der Waals surface area (Å²) in [6.07, 6.45) is 3.91. The molecule has 7 heteroatoms. The van der Waals surface area contributed by atoms with Crippen molar-refractivity contribution in [3.63, 3.8) is 0 Å². The zero-order chi connectivity index (χ0) is 20.6. The lowest BCUT2D eigenvalue weighted by molar-refractivity contribution is 0.402. The van der Waals surface area contributed by atoms with Crippen LogP contribution in [0.4, 0.5) is 5.69 Å². The molecule has 0 aliphatic rings. The largest absolute Gasteiger partial charge is 0.495 e. The number of aryl methyl sites for hydroxylation is 2. The van der Waals surface area contributed by atoms with Crippen LogP contribution >= 0.6 is 0 Å². The predicted molar refractivity (Wildman–Crippen MR) is 114 cm³/mol. The molecule has 0 radical (unpaired) electrons. The highest BCUT2D eigenvalue weighted by Crippen LogP contribution is 2.28. The average Bonchev–Trinajstić information content (AvgIpc) is 3.14. The Morgan fingerprint density at radius 2 is 1.79 bits per heavy atom. The number of ether oxygens (including phenoxy) is 1. The number of hydrogen-bond acceptors (Lipinski definition) is 4. The Bertz CT molecular complexity index is 1290. The number of aromatic nitrogens is 2. The lowest BCUT2D eigenvalue weighted by Gasteiger charge is -2.12. The number of imidazole rings is 1. The molecule has 0 saturated carbocycles. The molecule has 1 N–H and O–H groups in total. The molecular formula is C22H21N3O3S. The second-order valence-electron chi connectivity index (χ2n) is 6.89. The average molecular weight is 407 g/mol. The zero-order valence-electron chi connectivity index (χ0n) is 16.4. The van der Waals surface area contributed by atoms with Gasteiger partial charge in [-0.25, -0.2) is 13.4 Å². The smallest absolute Gasteiger partial charge is 0.265 e. The predicted octanol–water partition coefficient (Wildman–Crippen LogP) is 4.43. The Labute approximate surface area is 169 Å². The van der Waals surface area contributed by atoms with E-state index in [0.717, 1.165) is 28.0 Å². The fourth-order valence-electron chi connectivity index (χ4n) is 3.21. The standard InChI is InChI=1S/C22H21N3O3S/c1-15-6-11-20(28-3)21(13-15)29(26,27)24-18-9-7-17(8-10-18)19-14-25-12-4-5-16(2)22(25)23-19/h4-14,24H,1-3H3. The molecule has 2 aromatic heterocycles. The summed E-state index contributed by atoms with van der Waals surface area (Å²) < 4.78 is 35.5. The van der Waals surface area contributed by atoms with E-state index in [1.54, 1.807) is 24.3 Å².